The Balaban J connectivity index is 1.06. The molecule has 1 heterocycles. The molecule has 8 bridgehead atoms. The Morgan fingerprint density at radius 3 is 1.37 bits per heavy atom. The van der Waals surface area contributed by atoms with E-state index in [1.165, 1.54) is 68.9 Å². The molecule has 62 heavy (non-hydrogen) atoms. The Kier molecular flexibility index (Phi) is 10.4. The van der Waals surface area contributed by atoms with Crippen LogP contribution in [-0.4, -0.2) is 13.2 Å². The van der Waals surface area contributed by atoms with Crippen LogP contribution in [0.15, 0.2) is 120 Å². The predicted octanol–water partition coefficient (Wildman–Crippen LogP) is 14.8. The zero-order valence-electron chi connectivity index (χ0n) is 36.7. The molecule has 13 rings (SSSR count). The van der Waals surface area contributed by atoms with Crippen molar-refractivity contribution >= 4 is 21.5 Å². The maximum Gasteiger partial charge on any atom is 0.127 e. The molecule has 4 atom stereocenters. The van der Waals surface area contributed by atoms with Gasteiger partial charge in [0.25, 0.3) is 0 Å². The van der Waals surface area contributed by atoms with Crippen molar-refractivity contribution in [3.63, 3.8) is 0 Å². The highest BCUT2D eigenvalue weighted by Crippen LogP contribution is 2.54. The lowest BCUT2D eigenvalue weighted by Gasteiger charge is -2.43. The van der Waals surface area contributed by atoms with Gasteiger partial charge >= 0.3 is 0 Å². The van der Waals surface area contributed by atoms with Crippen LogP contribution < -0.4 is 9.47 Å². The van der Waals surface area contributed by atoms with Gasteiger partial charge in [0.1, 0.15) is 11.5 Å². The molecule has 2 heteroatoms. The minimum absolute atomic E-state index is 0.306. The maximum absolute atomic E-state index is 6.96. The maximum atomic E-state index is 6.96. The molecule has 1 aliphatic heterocycles. The Bertz CT molecular complexity index is 2650. The number of ether oxygens (including phenoxy) is 2. The first-order valence-corrected chi connectivity index (χ1v) is 23.8. The van der Waals surface area contributed by atoms with Crippen LogP contribution >= 0.6 is 0 Å². The molecule has 6 aromatic rings. The van der Waals surface area contributed by atoms with Crippen molar-refractivity contribution in [2.75, 3.05) is 13.2 Å². The van der Waals surface area contributed by atoms with E-state index in [2.05, 4.69) is 154 Å². The lowest BCUT2D eigenvalue weighted by atomic mass is 9.61. The SMILES string of the molecule is CC1CCC(CCC2COc3ccc4ccc5cc4c3-c3c(ccc4ccc(cc34)C#Cc3ccc(cc3)C3CCC(C)C4=C3C(CCC4C)c3ccc(cc3)C#C5)OC2)CC1. The van der Waals surface area contributed by atoms with E-state index in [-0.39, 0.29) is 0 Å². The van der Waals surface area contributed by atoms with E-state index >= 15 is 0 Å². The molecule has 0 radical (unpaired) electrons. The quantitative estimate of drug-likeness (QED) is 0.131. The van der Waals surface area contributed by atoms with E-state index in [1.54, 1.807) is 11.1 Å². The summed E-state index contributed by atoms with van der Waals surface area (Å²) in [4.78, 5) is 0. The summed E-state index contributed by atoms with van der Waals surface area (Å²) in [7, 11) is 0. The second kappa shape index (κ2) is 16.5. The lowest BCUT2D eigenvalue weighted by Crippen LogP contribution is -2.28. The van der Waals surface area contributed by atoms with Crippen LogP contribution in [0.1, 0.15) is 130 Å². The molecule has 4 unspecified atom stereocenters. The fourth-order valence-electron chi connectivity index (χ4n) is 12.0. The van der Waals surface area contributed by atoms with Crippen molar-refractivity contribution in [3.8, 4) is 46.3 Å². The number of fused-ring (bicyclic) bond motifs is 2. The third kappa shape index (κ3) is 7.51. The fraction of sp³-hybridized carbons (Fsp3) is 0.367. The average Bonchev–Trinajstić information content (AvgIpc) is 3.38. The highest BCUT2D eigenvalue weighted by atomic mass is 16.5. The second-order valence-corrected chi connectivity index (χ2v) is 19.7. The summed E-state index contributed by atoms with van der Waals surface area (Å²) in [6.07, 6.45) is 12.7. The van der Waals surface area contributed by atoms with Gasteiger partial charge in [-0.1, -0.05) is 130 Å². The number of hydrogen-bond acceptors (Lipinski definition) is 2. The molecular weight excluding hydrogens is 753 g/mol. The topological polar surface area (TPSA) is 18.5 Å². The number of rotatable bonds is 3. The van der Waals surface area contributed by atoms with Crippen LogP contribution in [0.2, 0.25) is 0 Å². The summed E-state index contributed by atoms with van der Waals surface area (Å²) in [5.74, 6) is 20.2. The molecule has 1 saturated carbocycles. The first-order chi connectivity index (χ1) is 30.4. The molecule has 6 aromatic carbocycles. The summed E-state index contributed by atoms with van der Waals surface area (Å²) < 4.78 is 13.9. The van der Waals surface area contributed by atoms with Gasteiger partial charge < -0.3 is 9.47 Å². The van der Waals surface area contributed by atoms with E-state index in [0.29, 0.717) is 42.8 Å². The fourth-order valence-corrected chi connectivity index (χ4v) is 12.0. The van der Waals surface area contributed by atoms with Crippen LogP contribution in [0.5, 0.6) is 11.5 Å². The van der Waals surface area contributed by atoms with E-state index in [1.807, 2.05) is 0 Å². The van der Waals surface area contributed by atoms with Gasteiger partial charge in [0.05, 0.1) is 13.2 Å². The molecule has 0 spiro atoms. The second-order valence-electron chi connectivity index (χ2n) is 19.7. The van der Waals surface area contributed by atoms with Crippen LogP contribution in [0.4, 0.5) is 0 Å². The Morgan fingerprint density at radius 1 is 0.435 bits per heavy atom. The number of hydrogen-bond donors (Lipinski definition) is 0. The smallest absolute Gasteiger partial charge is 0.127 e. The molecule has 0 N–H and O–H groups in total. The highest BCUT2D eigenvalue weighted by Gasteiger charge is 2.38. The van der Waals surface area contributed by atoms with Crippen molar-refractivity contribution in [2.45, 2.75) is 96.8 Å². The van der Waals surface area contributed by atoms with Crippen molar-refractivity contribution in [2.24, 2.45) is 29.6 Å². The van der Waals surface area contributed by atoms with Crippen molar-refractivity contribution in [3.05, 3.63) is 154 Å². The lowest BCUT2D eigenvalue weighted by molar-refractivity contribution is 0.159. The van der Waals surface area contributed by atoms with Gasteiger partial charge in [-0.15, -0.1) is 0 Å². The van der Waals surface area contributed by atoms with Crippen LogP contribution in [0.3, 0.4) is 0 Å². The largest absolute Gasteiger partial charge is 0.492 e. The minimum Gasteiger partial charge on any atom is -0.492 e. The summed E-state index contributed by atoms with van der Waals surface area (Å²) in [6, 6.07) is 40.5. The monoisotopic (exact) mass is 810 g/mol. The first kappa shape index (κ1) is 39.2. The molecule has 310 valence electrons. The summed E-state index contributed by atoms with van der Waals surface area (Å²) in [5, 5.41) is 4.56. The van der Waals surface area contributed by atoms with E-state index in [0.717, 1.165) is 84.7 Å². The van der Waals surface area contributed by atoms with Crippen LogP contribution in [0, 0.1) is 53.3 Å². The molecule has 6 aliphatic carbocycles. The number of allylic oxidation sites excluding steroid dienone is 2. The molecular formula is C60H58O2. The van der Waals surface area contributed by atoms with Gasteiger partial charge in [-0.2, -0.15) is 0 Å². The van der Waals surface area contributed by atoms with Crippen LogP contribution in [0.25, 0.3) is 32.7 Å². The van der Waals surface area contributed by atoms with Crippen molar-refractivity contribution in [1.82, 2.24) is 0 Å². The first-order valence-electron chi connectivity index (χ1n) is 23.8. The van der Waals surface area contributed by atoms with Gasteiger partial charge in [0, 0.05) is 51.1 Å². The van der Waals surface area contributed by atoms with Gasteiger partial charge in [0.2, 0.25) is 0 Å². The Labute approximate surface area is 369 Å². The average molecular weight is 811 g/mol. The van der Waals surface area contributed by atoms with Gasteiger partial charge in [-0.05, 0) is 156 Å². The summed E-state index contributed by atoms with van der Waals surface area (Å²) in [6.45, 7) is 8.62. The van der Waals surface area contributed by atoms with E-state index < -0.39 is 0 Å². The highest BCUT2D eigenvalue weighted by molar-refractivity contribution is 6.10. The minimum atomic E-state index is 0.306. The molecule has 0 aromatic heterocycles. The van der Waals surface area contributed by atoms with E-state index in [4.69, 9.17) is 9.47 Å². The molecule has 0 amide bonds. The third-order valence-corrected chi connectivity index (χ3v) is 15.5. The summed E-state index contributed by atoms with van der Waals surface area (Å²) in [5.41, 5.74) is 12.5. The molecule has 0 saturated heterocycles. The van der Waals surface area contributed by atoms with Crippen LogP contribution in [-0.2, 0) is 0 Å². The van der Waals surface area contributed by atoms with Crippen molar-refractivity contribution in [1.29, 1.82) is 0 Å². The van der Waals surface area contributed by atoms with Crippen molar-refractivity contribution < 1.29 is 9.47 Å². The molecule has 2 nitrogen and oxygen atoms in total. The standard InChI is InChI=1S/C60H58O2/c1-38-4-8-41(9-5-38)12-15-46-36-61-55-32-28-49-26-20-44-13-10-42-16-22-47(23-17-42)51-30-6-39(2)57-40(3)7-31-52(58(51)57)48-24-18-43(19-25-48)11-14-45-21-27-50-29-33-56(62-37-46)60(54(50)35-45)59(55)53(49)34-44/h16-29,32-35,38-41,46,51-52H,4-9,12,15,30-31,36-37H2,1-3H3. The zero-order valence-corrected chi connectivity index (χ0v) is 36.7. The Morgan fingerprint density at radius 2 is 0.871 bits per heavy atom. The van der Waals surface area contributed by atoms with E-state index in [9.17, 15) is 0 Å². The normalized spacial score (nSPS) is 25.2. The number of benzene rings is 6. The Hall–Kier alpha value is -5.70. The van der Waals surface area contributed by atoms with Gasteiger partial charge in [-0.25, -0.2) is 0 Å². The third-order valence-electron chi connectivity index (χ3n) is 15.5. The summed E-state index contributed by atoms with van der Waals surface area (Å²) >= 11 is 0. The van der Waals surface area contributed by atoms with Gasteiger partial charge in [-0.3, -0.25) is 0 Å². The molecule has 7 aliphatic rings. The van der Waals surface area contributed by atoms with Gasteiger partial charge in [0.15, 0.2) is 0 Å². The molecule has 1 fully saturated rings. The predicted molar refractivity (Wildman–Crippen MR) is 256 cm³/mol. The zero-order chi connectivity index (χ0) is 41.7.